The van der Waals surface area contributed by atoms with Crippen LogP contribution >= 0.6 is 0 Å². The third-order valence-electron chi connectivity index (χ3n) is 2.85. The van der Waals surface area contributed by atoms with E-state index in [1.165, 1.54) is 31.4 Å². The Balaban J connectivity index is 2.21. The van der Waals surface area contributed by atoms with Gasteiger partial charge in [-0.1, -0.05) is 44.7 Å². The summed E-state index contributed by atoms with van der Waals surface area (Å²) in [5.74, 6) is -0.0506. The van der Waals surface area contributed by atoms with Gasteiger partial charge in [0, 0.05) is 12.8 Å². The van der Waals surface area contributed by atoms with Gasteiger partial charge in [-0.05, 0) is 24.1 Å². The number of Topliss-reactive ketones (excluding diaryl/α,β-unsaturated/α-hetero) is 1. The molecule has 0 unspecified atom stereocenters. The molecule has 0 aromatic heterocycles. The predicted octanol–water partition coefficient (Wildman–Crippen LogP) is 4.30. The van der Waals surface area contributed by atoms with Gasteiger partial charge in [-0.3, -0.25) is 4.79 Å². The lowest BCUT2D eigenvalue weighted by Crippen LogP contribution is -2.02. The summed E-state index contributed by atoms with van der Waals surface area (Å²) in [5.41, 5.74) is 0.781. The number of carbonyl (C=O) groups excluding carboxylic acids is 1. The highest BCUT2D eigenvalue weighted by Gasteiger charge is 2.04. The molecule has 0 fully saturated rings. The summed E-state index contributed by atoms with van der Waals surface area (Å²) in [6.45, 7) is 2.18. The third kappa shape index (κ3) is 6.20. The molecule has 0 aliphatic heterocycles. The van der Waals surface area contributed by atoms with Crippen molar-refractivity contribution in [3.05, 3.63) is 35.6 Å². The van der Waals surface area contributed by atoms with Crippen LogP contribution in [0.3, 0.4) is 0 Å². The second-order valence-corrected chi connectivity index (χ2v) is 4.51. The Hall–Kier alpha value is -1.18. The molecule has 0 amide bonds. The van der Waals surface area contributed by atoms with Crippen molar-refractivity contribution < 1.29 is 9.18 Å². The Bertz CT molecular complexity index is 347. The zero-order chi connectivity index (χ0) is 12.5. The summed E-state index contributed by atoms with van der Waals surface area (Å²) in [6.07, 6.45) is 6.77. The zero-order valence-corrected chi connectivity index (χ0v) is 10.5. The quantitative estimate of drug-likeness (QED) is 0.615. The first kappa shape index (κ1) is 13.9. The second kappa shape index (κ2) is 7.99. The van der Waals surface area contributed by atoms with Crippen LogP contribution in [0.1, 0.15) is 51.0 Å². The molecule has 0 N–H and O–H groups in total. The molecule has 0 saturated carbocycles. The third-order valence-corrected chi connectivity index (χ3v) is 2.85. The SMILES string of the molecule is CCCCCCCC(=O)Cc1cccc(F)c1. The highest BCUT2D eigenvalue weighted by atomic mass is 19.1. The predicted molar refractivity (Wildman–Crippen MR) is 68.5 cm³/mol. The van der Waals surface area contributed by atoms with Crippen LogP contribution in [-0.2, 0) is 11.2 Å². The largest absolute Gasteiger partial charge is 0.299 e. The summed E-state index contributed by atoms with van der Waals surface area (Å²) < 4.78 is 12.9. The van der Waals surface area contributed by atoms with Gasteiger partial charge in [-0.25, -0.2) is 4.39 Å². The van der Waals surface area contributed by atoms with Crippen molar-refractivity contribution in [3.8, 4) is 0 Å². The van der Waals surface area contributed by atoms with Gasteiger partial charge in [-0.15, -0.1) is 0 Å². The molecule has 0 aliphatic rings. The molecular formula is C15H21FO. The van der Waals surface area contributed by atoms with Crippen molar-refractivity contribution in [3.63, 3.8) is 0 Å². The minimum Gasteiger partial charge on any atom is -0.299 e. The maximum atomic E-state index is 12.9. The lowest BCUT2D eigenvalue weighted by molar-refractivity contribution is -0.118. The fraction of sp³-hybridized carbons (Fsp3) is 0.533. The first-order chi connectivity index (χ1) is 8.22. The molecule has 1 aromatic carbocycles. The number of benzene rings is 1. The lowest BCUT2D eigenvalue weighted by atomic mass is 10.0. The molecule has 0 bridgehead atoms. The van der Waals surface area contributed by atoms with Crippen LogP contribution in [0.2, 0.25) is 0 Å². The number of hydrogen-bond donors (Lipinski definition) is 0. The van der Waals surface area contributed by atoms with Crippen LogP contribution in [0.4, 0.5) is 4.39 Å². The normalized spacial score (nSPS) is 10.5. The first-order valence-electron chi connectivity index (χ1n) is 6.48. The average molecular weight is 236 g/mol. The highest BCUT2D eigenvalue weighted by Crippen LogP contribution is 2.09. The monoisotopic (exact) mass is 236 g/mol. The number of carbonyl (C=O) groups is 1. The molecule has 0 atom stereocenters. The van der Waals surface area contributed by atoms with Gasteiger partial charge in [0.05, 0.1) is 0 Å². The van der Waals surface area contributed by atoms with Crippen molar-refractivity contribution >= 4 is 5.78 Å². The Morgan fingerprint density at radius 3 is 2.65 bits per heavy atom. The molecule has 1 rings (SSSR count). The number of rotatable bonds is 8. The number of unbranched alkanes of at least 4 members (excludes halogenated alkanes) is 4. The van der Waals surface area contributed by atoms with E-state index < -0.39 is 0 Å². The van der Waals surface area contributed by atoms with E-state index in [1.807, 2.05) is 0 Å². The van der Waals surface area contributed by atoms with Crippen molar-refractivity contribution in [2.24, 2.45) is 0 Å². The van der Waals surface area contributed by atoms with E-state index in [9.17, 15) is 9.18 Å². The Morgan fingerprint density at radius 2 is 1.94 bits per heavy atom. The molecule has 0 aliphatic carbocycles. The molecule has 0 radical (unpaired) electrons. The zero-order valence-electron chi connectivity index (χ0n) is 10.5. The van der Waals surface area contributed by atoms with Crippen molar-refractivity contribution in [1.82, 2.24) is 0 Å². The summed E-state index contributed by atoms with van der Waals surface area (Å²) >= 11 is 0. The topological polar surface area (TPSA) is 17.1 Å². The number of hydrogen-bond acceptors (Lipinski definition) is 1. The standard InChI is InChI=1S/C15H21FO/c1-2-3-4-5-6-10-15(17)12-13-8-7-9-14(16)11-13/h7-9,11H,2-6,10,12H2,1H3. The molecule has 0 spiro atoms. The molecule has 17 heavy (non-hydrogen) atoms. The highest BCUT2D eigenvalue weighted by molar-refractivity contribution is 5.80. The molecule has 1 aromatic rings. The van der Waals surface area contributed by atoms with Gasteiger partial charge in [-0.2, -0.15) is 0 Å². The smallest absolute Gasteiger partial charge is 0.137 e. The van der Waals surface area contributed by atoms with Crippen LogP contribution in [0.5, 0.6) is 0 Å². The van der Waals surface area contributed by atoms with E-state index in [1.54, 1.807) is 12.1 Å². The maximum Gasteiger partial charge on any atom is 0.137 e. The van der Waals surface area contributed by atoms with Gasteiger partial charge >= 0.3 is 0 Å². The van der Waals surface area contributed by atoms with Gasteiger partial charge in [0.1, 0.15) is 11.6 Å². The molecule has 94 valence electrons. The van der Waals surface area contributed by atoms with Crippen LogP contribution in [-0.4, -0.2) is 5.78 Å². The minimum atomic E-state index is -0.266. The Kier molecular flexibility index (Phi) is 6.53. The van der Waals surface area contributed by atoms with E-state index in [-0.39, 0.29) is 11.6 Å². The van der Waals surface area contributed by atoms with E-state index in [4.69, 9.17) is 0 Å². The van der Waals surface area contributed by atoms with Crippen LogP contribution in [0.25, 0.3) is 0 Å². The van der Waals surface area contributed by atoms with Gasteiger partial charge in [0.2, 0.25) is 0 Å². The second-order valence-electron chi connectivity index (χ2n) is 4.51. The molecule has 2 heteroatoms. The molecular weight excluding hydrogens is 215 g/mol. The van der Waals surface area contributed by atoms with E-state index in [2.05, 4.69) is 6.92 Å². The summed E-state index contributed by atoms with van der Waals surface area (Å²) in [6, 6.07) is 6.30. The fourth-order valence-corrected chi connectivity index (χ4v) is 1.89. The Labute approximate surface area is 103 Å². The van der Waals surface area contributed by atoms with E-state index in [0.717, 1.165) is 18.4 Å². The average Bonchev–Trinajstić information content (AvgIpc) is 2.29. The number of ketones is 1. The first-order valence-corrected chi connectivity index (χ1v) is 6.48. The molecule has 0 saturated heterocycles. The van der Waals surface area contributed by atoms with Gasteiger partial charge in [0.15, 0.2) is 0 Å². The Morgan fingerprint density at radius 1 is 1.18 bits per heavy atom. The maximum absolute atomic E-state index is 12.9. The minimum absolute atomic E-state index is 0.215. The summed E-state index contributed by atoms with van der Waals surface area (Å²) in [7, 11) is 0. The van der Waals surface area contributed by atoms with Crippen molar-refractivity contribution in [2.75, 3.05) is 0 Å². The van der Waals surface area contributed by atoms with Crippen LogP contribution in [0, 0.1) is 5.82 Å². The van der Waals surface area contributed by atoms with Crippen molar-refractivity contribution in [1.29, 1.82) is 0 Å². The fourth-order valence-electron chi connectivity index (χ4n) is 1.89. The van der Waals surface area contributed by atoms with Gasteiger partial charge in [0.25, 0.3) is 0 Å². The summed E-state index contributed by atoms with van der Waals surface area (Å²) in [5, 5.41) is 0. The molecule has 1 nitrogen and oxygen atoms in total. The van der Waals surface area contributed by atoms with Crippen LogP contribution in [0.15, 0.2) is 24.3 Å². The lowest BCUT2D eigenvalue weighted by Gasteiger charge is -2.02. The number of halogens is 1. The molecule has 0 heterocycles. The van der Waals surface area contributed by atoms with Crippen LogP contribution < -0.4 is 0 Å². The van der Waals surface area contributed by atoms with Gasteiger partial charge < -0.3 is 0 Å². The van der Waals surface area contributed by atoms with E-state index in [0.29, 0.717) is 12.8 Å². The summed E-state index contributed by atoms with van der Waals surface area (Å²) in [4.78, 5) is 11.6. The van der Waals surface area contributed by atoms with Crippen molar-refractivity contribution in [2.45, 2.75) is 51.9 Å². The van der Waals surface area contributed by atoms with E-state index >= 15 is 0 Å².